The maximum Gasteiger partial charge on any atom is 0.387 e. The molecule has 0 radical (unpaired) electrons. The van der Waals surface area contributed by atoms with Gasteiger partial charge in [-0.05, 0) is 35.9 Å². The van der Waals surface area contributed by atoms with Gasteiger partial charge in [0.25, 0.3) is 5.91 Å². The summed E-state index contributed by atoms with van der Waals surface area (Å²) in [6.45, 7) is -2.67. The number of hydrogen-bond donors (Lipinski definition) is 1. The van der Waals surface area contributed by atoms with E-state index in [4.69, 9.17) is 34.8 Å². The smallest absolute Gasteiger partial charge is 0.387 e. The minimum Gasteiger partial charge on any atom is -0.435 e. The minimum absolute atomic E-state index is 0.115. The molecule has 0 bridgehead atoms. The summed E-state index contributed by atoms with van der Waals surface area (Å²) in [5, 5.41) is 7.94. The van der Waals surface area contributed by atoms with Crippen molar-refractivity contribution in [2.75, 3.05) is 5.32 Å². The molecule has 0 aliphatic rings. The van der Waals surface area contributed by atoms with Gasteiger partial charge in [0.15, 0.2) is 5.82 Å². The highest BCUT2D eigenvalue weighted by atomic mass is 35.5. The first-order valence-corrected chi connectivity index (χ1v) is 8.98. The third-order valence-electron chi connectivity index (χ3n) is 3.62. The van der Waals surface area contributed by atoms with Gasteiger partial charge >= 0.3 is 6.61 Å². The number of alkyl halides is 2. The number of aromatic nitrogens is 2. The molecule has 0 spiro atoms. The topological polar surface area (TPSA) is 56.2 Å². The SMILES string of the molecule is O=C(Nc1nn(Cc2ccc(Cl)cc2Cl)cc1Cl)c1cccc(OC(F)F)c1. The van der Waals surface area contributed by atoms with E-state index >= 15 is 0 Å². The third kappa shape index (κ3) is 5.13. The zero-order valence-corrected chi connectivity index (χ0v) is 16.3. The van der Waals surface area contributed by atoms with Gasteiger partial charge in [-0.3, -0.25) is 9.48 Å². The van der Waals surface area contributed by atoms with Crippen LogP contribution in [0.3, 0.4) is 0 Å². The van der Waals surface area contributed by atoms with Crippen LogP contribution in [0.2, 0.25) is 15.1 Å². The van der Waals surface area contributed by atoms with Crippen LogP contribution < -0.4 is 10.1 Å². The molecule has 0 saturated carbocycles. The Morgan fingerprint density at radius 1 is 1.14 bits per heavy atom. The molecule has 1 heterocycles. The van der Waals surface area contributed by atoms with Crippen molar-refractivity contribution in [1.29, 1.82) is 0 Å². The van der Waals surface area contributed by atoms with Gasteiger partial charge in [0.1, 0.15) is 10.8 Å². The number of hydrogen-bond acceptors (Lipinski definition) is 3. The summed E-state index contributed by atoms with van der Waals surface area (Å²) in [6, 6.07) is 10.5. The van der Waals surface area contributed by atoms with Crippen LogP contribution in [-0.2, 0) is 6.54 Å². The van der Waals surface area contributed by atoms with E-state index in [0.717, 1.165) is 5.56 Å². The number of anilines is 1. The Kier molecular flexibility index (Phi) is 6.39. The predicted molar refractivity (Wildman–Crippen MR) is 104 cm³/mol. The molecule has 3 rings (SSSR count). The van der Waals surface area contributed by atoms with E-state index < -0.39 is 12.5 Å². The average molecular weight is 447 g/mol. The molecular weight excluding hydrogens is 435 g/mol. The lowest BCUT2D eigenvalue weighted by Crippen LogP contribution is -2.13. The molecule has 0 saturated heterocycles. The fraction of sp³-hybridized carbons (Fsp3) is 0.111. The molecular formula is C18H12Cl3F2N3O2. The van der Waals surface area contributed by atoms with Gasteiger partial charge in [-0.1, -0.05) is 46.9 Å². The van der Waals surface area contributed by atoms with E-state index in [-0.39, 0.29) is 22.2 Å². The van der Waals surface area contributed by atoms with E-state index in [1.54, 1.807) is 18.2 Å². The highest BCUT2D eigenvalue weighted by Gasteiger charge is 2.14. The first-order chi connectivity index (χ1) is 13.3. The molecule has 1 amide bonds. The van der Waals surface area contributed by atoms with Gasteiger partial charge in [-0.25, -0.2) is 0 Å². The van der Waals surface area contributed by atoms with Gasteiger partial charge in [0, 0.05) is 21.8 Å². The Balaban J connectivity index is 1.74. The molecule has 5 nitrogen and oxygen atoms in total. The molecule has 0 atom stereocenters. The highest BCUT2D eigenvalue weighted by Crippen LogP contribution is 2.25. The van der Waals surface area contributed by atoms with Crippen LogP contribution in [-0.4, -0.2) is 22.3 Å². The van der Waals surface area contributed by atoms with Crippen molar-refractivity contribution in [3.63, 3.8) is 0 Å². The highest BCUT2D eigenvalue weighted by molar-refractivity contribution is 6.35. The molecule has 28 heavy (non-hydrogen) atoms. The number of rotatable bonds is 6. The molecule has 0 aliphatic heterocycles. The van der Waals surface area contributed by atoms with Crippen LogP contribution in [0, 0.1) is 0 Å². The summed E-state index contributed by atoms with van der Waals surface area (Å²) in [7, 11) is 0. The molecule has 1 N–H and O–H groups in total. The number of amides is 1. The van der Waals surface area contributed by atoms with Crippen LogP contribution >= 0.6 is 34.8 Å². The molecule has 3 aromatic rings. The zero-order valence-electron chi connectivity index (χ0n) is 14.0. The van der Waals surface area contributed by atoms with Crippen molar-refractivity contribution < 1.29 is 18.3 Å². The summed E-state index contributed by atoms with van der Waals surface area (Å²) < 4.78 is 30.4. The molecule has 2 aromatic carbocycles. The lowest BCUT2D eigenvalue weighted by molar-refractivity contribution is -0.0498. The second-order valence-corrected chi connectivity index (χ2v) is 6.87. The first kappa shape index (κ1) is 20.4. The Morgan fingerprint density at radius 2 is 1.93 bits per heavy atom. The number of ether oxygens (including phenoxy) is 1. The Morgan fingerprint density at radius 3 is 2.64 bits per heavy atom. The fourth-order valence-electron chi connectivity index (χ4n) is 2.38. The van der Waals surface area contributed by atoms with Crippen LogP contribution in [0.25, 0.3) is 0 Å². The molecule has 146 valence electrons. The zero-order chi connectivity index (χ0) is 20.3. The summed E-state index contributed by atoms with van der Waals surface area (Å²) in [5.74, 6) is -0.579. The minimum atomic E-state index is -2.98. The first-order valence-electron chi connectivity index (χ1n) is 7.85. The van der Waals surface area contributed by atoms with E-state index in [1.807, 2.05) is 0 Å². The largest absolute Gasteiger partial charge is 0.435 e. The van der Waals surface area contributed by atoms with Crippen molar-refractivity contribution >= 4 is 46.5 Å². The lowest BCUT2D eigenvalue weighted by Gasteiger charge is -2.07. The number of nitrogens with one attached hydrogen (secondary N) is 1. The van der Waals surface area contributed by atoms with Crippen molar-refractivity contribution in [2.24, 2.45) is 0 Å². The second kappa shape index (κ2) is 8.77. The van der Waals surface area contributed by atoms with Gasteiger partial charge in [-0.2, -0.15) is 13.9 Å². The summed E-state index contributed by atoms with van der Waals surface area (Å²) in [4.78, 5) is 12.4. The van der Waals surface area contributed by atoms with Crippen molar-refractivity contribution in [3.8, 4) is 5.75 Å². The lowest BCUT2D eigenvalue weighted by atomic mass is 10.2. The third-order valence-corrected chi connectivity index (χ3v) is 4.48. The monoisotopic (exact) mass is 445 g/mol. The molecule has 0 fully saturated rings. The fourth-order valence-corrected chi connectivity index (χ4v) is 3.05. The van der Waals surface area contributed by atoms with E-state index in [1.165, 1.54) is 35.1 Å². The molecule has 1 aromatic heterocycles. The van der Waals surface area contributed by atoms with Crippen molar-refractivity contribution in [1.82, 2.24) is 9.78 Å². The van der Waals surface area contributed by atoms with Gasteiger partial charge in [-0.15, -0.1) is 0 Å². The number of nitrogens with zero attached hydrogens (tertiary/aromatic N) is 2. The number of halogens is 5. The van der Waals surface area contributed by atoms with Crippen LogP contribution in [0.1, 0.15) is 15.9 Å². The molecule has 10 heteroatoms. The maximum atomic E-state index is 12.4. The Hall–Kier alpha value is -2.35. The number of benzene rings is 2. The van der Waals surface area contributed by atoms with Crippen molar-refractivity contribution in [3.05, 3.63) is 74.9 Å². The standard InChI is InChI=1S/C18H12Cl3F2N3O2/c19-12-5-4-11(14(20)7-12)8-26-9-15(21)16(25-26)24-17(27)10-2-1-3-13(6-10)28-18(22)23/h1-7,9,18H,8H2,(H,24,25,27). The Labute approximate surface area is 173 Å². The van der Waals surface area contributed by atoms with E-state index in [0.29, 0.717) is 16.6 Å². The normalized spacial score (nSPS) is 10.9. The van der Waals surface area contributed by atoms with Crippen LogP contribution in [0.15, 0.2) is 48.7 Å². The van der Waals surface area contributed by atoms with Gasteiger partial charge < -0.3 is 10.1 Å². The van der Waals surface area contributed by atoms with Gasteiger partial charge in [0.05, 0.1) is 6.54 Å². The molecule has 0 aliphatic carbocycles. The maximum absolute atomic E-state index is 12.4. The Bertz CT molecular complexity index is 1010. The number of carbonyl (C=O) groups excluding carboxylic acids is 1. The quantitative estimate of drug-likeness (QED) is 0.525. The summed E-state index contributed by atoms with van der Waals surface area (Å²) >= 11 is 18.2. The van der Waals surface area contributed by atoms with E-state index in [2.05, 4.69) is 15.2 Å². The summed E-state index contributed by atoms with van der Waals surface area (Å²) in [6.07, 6.45) is 1.53. The van der Waals surface area contributed by atoms with Crippen molar-refractivity contribution in [2.45, 2.75) is 13.2 Å². The predicted octanol–water partition coefficient (Wildman–Crippen LogP) is 5.75. The second-order valence-electron chi connectivity index (χ2n) is 5.62. The summed E-state index contributed by atoms with van der Waals surface area (Å²) in [5.41, 5.74) is 0.879. The van der Waals surface area contributed by atoms with Gasteiger partial charge in [0.2, 0.25) is 0 Å². The number of carbonyl (C=O) groups is 1. The van der Waals surface area contributed by atoms with Crippen LogP contribution in [0.4, 0.5) is 14.6 Å². The van der Waals surface area contributed by atoms with Crippen LogP contribution in [0.5, 0.6) is 5.75 Å². The van der Waals surface area contributed by atoms with E-state index in [9.17, 15) is 13.6 Å². The molecule has 0 unspecified atom stereocenters. The average Bonchev–Trinajstić information content (AvgIpc) is 2.96.